The highest BCUT2D eigenvalue weighted by molar-refractivity contribution is 7.90. The Morgan fingerprint density at radius 3 is 2.26 bits per heavy atom. The van der Waals surface area contributed by atoms with Crippen LogP contribution in [0.5, 0.6) is 0 Å². The average molecular weight is 776 g/mol. The van der Waals surface area contributed by atoms with Crippen molar-refractivity contribution in [1.82, 2.24) is 19.6 Å². The molecule has 280 valence electrons. The number of carboxylic acid groups (broad SMARTS) is 1. The van der Waals surface area contributed by atoms with Gasteiger partial charge in [-0.3, -0.25) is 14.4 Å². The summed E-state index contributed by atoms with van der Waals surface area (Å²) < 4.78 is 40.2. The first-order chi connectivity index (χ1) is 22.3. The number of hydrogen-bond acceptors (Lipinski definition) is 6. The van der Waals surface area contributed by atoms with Crippen LogP contribution < -0.4 is 0 Å². The molecule has 0 radical (unpaired) electrons. The summed E-state index contributed by atoms with van der Waals surface area (Å²) in [7, 11) is -1.27. The van der Waals surface area contributed by atoms with E-state index in [1.165, 1.54) is 18.0 Å². The maximum Gasteiger partial charge on any atom is 0.320 e. The Kier molecular flexibility index (Phi) is 16.7. The SMILES string of the molecule is CCn1nc(Cc2ccc(S(C)(=O)=O)cc2)cc1C1CCN(C[C@H]2CC(N(C)[C@H](CC(C)C)C(=O)O)C[C@@H]2c2cccc(F)c2)CC1.Cl.Cl.Cl. The lowest BCUT2D eigenvalue weighted by molar-refractivity contribution is -0.144. The highest BCUT2D eigenvalue weighted by atomic mass is 35.5. The molecule has 1 aliphatic heterocycles. The van der Waals surface area contributed by atoms with Gasteiger partial charge in [0.25, 0.3) is 0 Å². The van der Waals surface area contributed by atoms with Crippen LogP contribution in [0.1, 0.15) is 87.2 Å². The molecule has 0 bridgehead atoms. The molecule has 50 heavy (non-hydrogen) atoms. The number of halogens is 4. The number of benzene rings is 2. The molecule has 13 heteroatoms. The molecule has 1 unspecified atom stereocenters. The molecule has 1 saturated carbocycles. The van der Waals surface area contributed by atoms with E-state index in [-0.39, 0.29) is 60.9 Å². The van der Waals surface area contributed by atoms with Gasteiger partial charge >= 0.3 is 5.97 Å². The number of aryl methyl sites for hydroxylation is 1. The molecule has 1 aromatic heterocycles. The molecule has 1 aliphatic carbocycles. The fraction of sp³-hybridized carbons (Fsp3) is 0.568. The number of nitrogens with zero attached hydrogens (tertiary/aromatic N) is 4. The highest BCUT2D eigenvalue weighted by Crippen LogP contribution is 2.43. The van der Waals surface area contributed by atoms with Gasteiger partial charge in [-0.05, 0) is 118 Å². The van der Waals surface area contributed by atoms with Gasteiger partial charge in [0.2, 0.25) is 0 Å². The zero-order valence-electron chi connectivity index (χ0n) is 29.7. The van der Waals surface area contributed by atoms with Crippen LogP contribution in [0.4, 0.5) is 4.39 Å². The molecule has 2 fully saturated rings. The zero-order chi connectivity index (χ0) is 33.9. The van der Waals surface area contributed by atoms with E-state index >= 15 is 0 Å². The third-order valence-corrected chi connectivity index (χ3v) is 11.5. The van der Waals surface area contributed by atoms with Gasteiger partial charge in [-0.1, -0.05) is 38.1 Å². The minimum absolute atomic E-state index is 0. The molecular weight excluding hydrogens is 722 g/mol. The van der Waals surface area contributed by atoms with E-state index in [1.54, 1.807) is 24.3 Å². The quantitative estimate of drug-likeness (QED) is 0.193. The van der Waals surface area contributed by atoms with Crippen molar-refractivity contribution in [3.05, 3.63) is 82.9 Å². The van der Waals surface area contributed by atoms with Gasteiger partial charge < -0.3 is 10.0 Å². The molecule has 3 aromatic rings. The van der Waals surface area contributed by atoms with Gasteiger partial charge in [-0.25, -0.2) is 12.8 Å². The second-order valence-electron chi connectivity index (χ2n) is 14.2. The molecule has 2 heterocycles. The van der Waals surface area contributed by atoms with Crippen LogP contribution in [0.2, 0.25) is 0 Å². The fourth-order valence-corrected chi connectivity index (χ4v) is 8.51. The van der Waals surface area contributed by atoms with Crippen LogP contribution in [0, 0.1) is 17.7 Å². The van der Waals surface area contributed by atoms with Gasteiger partial charge in [-0.15, -0.1) is 37.2 Å². The minimum Gasteiger partial charge on any atom is -0.480 e. The molecule has 5 rings (SSSR count). The summed E-state index contributed by atoms with van der Waals surface area (Å²) in [4.78, 5) is 17.2. The normalized spacial score (nSPS) is 20.6. The summed E-state index contributed by atoms with van der Waals surface area (Å²) in [6.07, 6.45) is 6.28. The van der Waals surface area contributed by atoms with E-state index in [2.05, 4.69) is 41.3 Å². The molecule has 2 aliphatic rings. The number of likely N-dealkylation sites (N-methyl/N-ethyl adjacent to an activating group) is 1. The summed E-state index contributed by atoms with van der Waals surface area (Å²) >= 11 is 0. The van der Waals surface area contributed by atoms with Crippen LogP contribution in [-0.2, 0) is 27.6 Å². The average Bonchev–Trinajstić information content (AvgIpc) is 3.64. The lowest BCUT2D eigenvalue weighted by atomic mass is 9.87. The Labute approximate surface area is 316 Å². The first-order valence-electron chi connectivity index (χ1n) is 17.1. The predicted octanol–water partition coefficient (Wildman–Crippen LogP) is 7.47. The molecule has 0 spiro atoms. The number of aromatic nitrogens is 2. The van der Waals surface area contributed by atoms with E-state index in [0.29, 0.717) is 29.6 Å². The smallest absolute Gasteiger partial charge is 0.320 e. The van der Waals surface area contributed by atoms with Crippen molar-refractivity contribution in [3.63, 3.8) is 0 Å². The molecular formula is C37H54Cl3FN4O4S. The second kappa shape index (κ2) is 19.0. The Morgan fingerprint density at radius 2 is 1.70 bits per heavy atom. The van der Waals surface area contributed by atoms with Gasteiger partial charge in [0.05, 0.1) is 10.6 Å². The number of likely N-dealkylation sites (tertiary alicyclic amines) is 1. The van der Waals surface area contributed by atoms with Crippen molar-refractivity contribution in [3.8, 4) is 0 Å². The van der Waals surface area contributed by atoms with Crippen LogP contribution >= 0.6 is 37.2 Å². The largest absolute Gasteiger partial charge is 0.480 e. The number of piperidine rings is 1. The topological polar surface area (TPSA) is 95.7 Å². The minimum atomic E-state index is -3.22. The molecule has 1 saturated heterocycles. The first kappa shape index (κ1) is 44.0. The van der Waals surface area contributed by atoms with E-state index in [9.17, 15) is 22.7 Å². The first-order valence-corrected chi connectivity index (χ1v) is 19.0. The van der Waals surface area contributed by atoms with Gasteiger partial charge in [0.15, 0.2) is 9.84 Å². The van der Waals surface area contributed by atoms with Gasteiger partial charge in [0, 0.05) is 43.4 Å². The second-order valence-corrected chi connectivity index (χ2v) is 16.3. The number of aliphatic carboxylic acids is 1. The van der Waals surface area contributed by atoms with Crippen LogP contribution in [0.15, 0.2) is 59.5 Å². The number of sulfone groups is 1. The summed E-state index contributed by atoms with van der Waals surface area (Å²) in [5, 5.41) is 14.9. The molecule has 4 atom stereocenters. The number of carboxylic acids is 1. The van der Waals surface area contributed by atoms with Crippen molar-refractivity contribution in [1.29, 1.82) is 0 Å². The van der Waals surface area contributed by atoms with Crippen molar-refractivity contribution in [2.45, 2.75) is 94.7 Å². The van der Waals surface area contributed by atoms with E-state index in [4.69, 9.17) is 5.10 Å². The van der Waals surface area contributed by atoms with Crippen molar-refractivity contribution in [2.75, 3.05) is 32.9 Å². The number of carbonyl (C=O) groups is 1. The Balaban J connectivity index is 0.00000289. The lowest BCUT2D eigenvalue weighted by Crippen LogP contribution is -2.45. The lowest BCUT2D eigenvalue weighted by Gasteiger charge is -2.35. The monoisotopic (exact) mass is 774 g/mol. The van der Waals surface area contributed by atoms with Crippen molar-refractivity contribution < 1.29 is 22.7 Å². The van der Waals surface area contributed by atoms with Crippen molar-refractivity contribution >= 4 is 53.0 Å². The van der Waals surface area contributed by atoms with Crippen LogP contribution in [0.3, 0.4) is 0 Å². The zero-order valence-corrected chi connectivity index (χ0v) is 33.0. The third kappa shape index (κ3) is 10.9. The Morgan fingerprint density at radius 1 is 1.04 bits per heavy atom. The predicted molar refractivity (Wildman–Crippen MR) is 205 cm³/mol. The van der Waals surface area contributed by atoms with Crippen LogP contribution in [-0.4, -0.2) is 84.1 Å². The van der Waals surface area contributed by atoms with Crippen molar-refractivity contribution in [2.24, 2.45) is 11.8 Å². The standard InChI is InChI=1S/C37H51FN4O4S.3ClH/c1-6-42-35(22-31(39-42)19-26-10-12-33(13-11-26)47(5,45)46)27-14-16-41(17-15-27)24-29-21-32(40(4)36(37(43)44)18-25(2)3)23-34(29)28-8-7-9-30(38)20-28;;;/h7-13,20,22,25,27,29,32,34,36H,6,14-19,21,23-24H2,1-5H3,(H,43,44);3*1H/t29-,32?,34-,36-;;;/m1.../s1. The van der Waals surface area contributed by atoms with E-state index in [0.717, 1.165) is 68.7 Å². The van der Waals surface area contributed by atoms with Gasteiger partial charge in [-0.2, -0.15) is 5.10 Å². The number of rotatable bonds is 13. The van der Waals surface area contributed by atoms with Crippen LogP contribution in [0.25, 0.3) is 0 Å². The molecule has 2 aromatic carbocycles. The summed E-state index contributed by atoms with van der Waals surface area (Å²) in [5.41, 5.74) is 4.31. The summed E-state index contributed by atoms with van der Waals surface area (Å²) in [6, 6.07) is 15.9. The third-order valence-electron chi connectivity index (χ3n) is 10.4. The summed E-state index contributed by atoms with van der Waals surface area (Å²) in [6.45, 7) is 9.91. The summed E-state index contributed by atoms with van der Waals surface area (Å²) in [5.74, 6) is 0.197. The van der Waals surface area contributed by atoms with E-state index in [1.807, 2.05) is 25.2 Å². The maximum absolute atomic E-state index is 14.4. The maximum atomic E-state index is 14.4. The molecule has 0 amide bonds. The fourth-order valence-electron chi connectivity index (χ4n) is 7.88. The van der Waals surface area contributed by atoms with E-state index < -0.39 is 21.8 Å². The number of hydrogen-bond donors (Lipinski definition) is 1. The highest BCUT2D eigenvalue weighted by Gasteiger charge is 2.41. The Bertz CT molecular complexity index is 1630. The Hall–Kier alpha value is -2.21. The molecule has 1 N–H and O–H groups in total. The molecule has 8 nitrogen and oxygen atoms in total. The van der Waals surface area contributed by atoms with Gasteiger partial charge in [0.1, 0.15) is 11.9 Å².